The van der Waals surface area contributed by atoms with Gasteiger partial charge in [-0.3, -0.25) is 5.01 Å². The zero-order valence-electron chi connectivity index (χ0n) is 11.3. The molecule has 0 aliphatic rings. The molecule has 0 N–H and O–H groups in total. The van der Waals surface area contributed by atoms with Gasteiger partial charge in [0, 0.05) is 12.1 Å². The number of halogens is 1. The first-order chi connectivity index (χ1) is 8.50. The Balaban J connectivity index is 2.74. The Morgan fingerprint density at radius 2 is 1.67 bits per heavy atom. The van der Waals surface area contributed by atoms with E-state index in [1.807, 2.05) is 35.3 Å². The normalized spacial score (nSPS) is 12.7. The number of rotatable bonds is 5. The standard InChI is InChI=1S/C14H20ClN3/c1-11(2)18(12(3)4)17-16-14(15)10-13-8-6-5-7-9-13/h5-12H,1-4H3/b14-10-,17-16+. The van der Waals surface area contributed by atoms with Crippen LogP contribution in [-0.4, -0.2) is 17.1 Å². The molecule has 4 heteroatoms. The molecule has 0 amide bonds. The molecule has 0 radical (unpaired) electrons. The van der Waals surface area contributed by atoms with Crippen molar-refractivity contribution < 1.29 is 0 Å². The summed E-state index contributed by atoms with van der Waals surface area (Å²) in [7, 11) is 0. The number of nitrogens with zero attached hydrogens (tertiary/aromatic N) is 3. The van der Waals surface area contributed by atoms with E-state index in [1.165, 1.54) is 0 Å². The van der Waals surface area contributed by atoms with Crippen molar-refractivity contribution in [1.82, 2.24) is 5.01 Å². The van der Waals surface area contributed by atoms with Gasteiger partial charge in [-0.15, -0.1) is 5.11 Å². The van der Waals surface area contributed by atoms with Gasteiger partial charge in [0.1, 0.15) is 0 Å². The van der Waals surface area contributed by atoms with Crippen molar-refractivity contribution in [3.8, 4) is 0 Å². The summed E-state index contributed by atoms with van der Waals surface area (Å²) in [5.74, 6) is 0. The maximum absolute atomic E-state index is 6.04. The highest BCUT2D eigenvalue weighted by Gasteiger charge is 2.10. The van der Waals surface area contributed by atoms with E-state index in [9.17, 15) is 0 Å². The van der Waals surface area contributed by atoms with E-state index in [4.69, 9.17) is 11.6 Å². The van der Waals surface area contributed by atoms with Crippen LogP contribution >= 0.6 is 11.6 Å². The molecule has 1 aromatic carbocycles. The Morgan fingerprint density at radius 1 is 1.11 bits per heavy atom. The molecule has 0 atom stereocenters. The van der Waals surface area contributed by atoms with Gasteiger partial charge >= 0.3 is 0 Å². The first-order valence-corrected chi connectivity index (χ1v) is 6.50. The third-order valence-electron chi connectivity index (χ3n) is 2.39. The van der Waals surface area contributed by atoms with Crippen LogP contribution in [0.15, 0.2) is 45.8 Å². The minimum Gasteiger partial charge on any atom is -0.273 e. The summed E-state index contributed by atoms with van der Waals surface area (Å²) in [5.41, 5.74) is 1.02. The minimum atomic E-state index is 0.301. The zero-order chi connectivity index (χ0) is 13.5. The molecular formula is C14H20ClN3. The average Bonchev–Trinajstić information content (AvgIpc) is 2.29. The fourth-order valence-electron chi connectivity index (χ4n) is 1.61. The van der Waals surface area contributed by atoms with Crippen LogP contribution in [0.5, 0.6) is 0 Å². The lowest BCUT2D eigenvalue weighted by Gasteiger charge is -2.25. The molecule has 0 aliphatic carbocycles. The smallest absolute Gasteiger partial charge is 0.153 e. The Kier molecular flexibility index (Phi) is 5.86. The van der Waals surface area contributed by atoms with E-state index in [0.717, 1.165) is 5.56 Å². The molecule has 0 saturated carbocycles. The maximum atomic E-state index is 6.04. The lowest BCUT2D eigenvalue weighted by Crippen LogP contribution is -2.31. The van der Waals surface area contributed by atoms with Crippen molar-refractivity contribution in [2.75, 3.05) is 0 Å². The summed E-state index contributed by atoms with van der Waals surface area (Å²) in [6.07, 6.45) is 1.80. The van der Waals surface area contributed by atoms with E-state index >= 15 is 0 Å². The molecule has 0 bridgehead atoms. The predicted molar refractivity (Wildman–Crippen MR) is 77.2 cm³/mol. The van der Waals surface area contributed by atoms with Gasteiger partial charge in [0.15, 0.2) is 5.16 Å². The maximum Gasteiger partial charge on any atom is 0.153 e. The first kappa shape index (κ1) is 14.7. The summed E-state index contributed by atoms with van der Waals surface area (Å²) in [6, 6.07) is 10.4. The van der Waals surface area contributed by atoms with Crippen molar-refractivity contribution >= 4 is 17.7 Å². The van der Waals surface area contributed by atoms with Crippen LogP contribution in [0, 0.1) is 0 Å². The number of benzene rings is 1. The van der Waals surface area contributed by atoms with Gasteiger partial charge in [-0.25, -0.2) is 0 Å². The number of hydrogen-bond donors (Lipinski definition) is 0. The highest BCUT2D eigenvalue weighted by atomic mass is 35.5. The number of hydrogen-bond acceptors (Lipinski definition) is 2. The van der Waals surface area contributed by atoms with Gasteiger partial charge in [0.05, 0.1) is 0 Å². The predicted octanol–water partition coefficient (Wildman–Crippen LogP) is 4.71. The van der Waals surface area contributed by atoms with Crippen molar-refractivity contribution in [3.05, 3.63) is 41.1 Å². The van der Waals surface area contributed by atoms with Gasteiger partial charge in [-0.1, -0.05) is 47.2 Å². The third-order valence-corrected chi connectivity index (χ3v) is 2.57. The second kappa shape index (κ2) is 7.17. The fourth-order valence-corrected chi connectivity index (χ4v) is 1.77. The average molecular weight is 266 g/mol. The highest BCUT2D eigenvalue weighted by molar-refractivity contribution is 6.31. The highest BCUT2D eigenvalue weighted by Crippen LogP contribution is 2.14. The van der Waals surface area contributed by atoms with Crippen molar-refractivity contribution in [2.45, 2.75) is 39.8 Å². The van der Waals surface area contributed by atoms with Crippen LogP contribution < -0.4 is 0 Å². The molecule has 98 valence electrons. The topological polar surface area (TPSA) is 28.0 Å². The molecule has 0 aliphatic heterocycles. The Hall–Kier alpha value is -1.35. The Bertz CT molecular complexity index is 402. The second-order valence-corrected chi connectivity index (χ2v) is 5.02. The van der Waals surface area contributed by atoms with Gasteiger partial charge in [0.2, 0.25) is 0 Å². The molecule has 3 nitrogen and oxygen atoms in total. The molecular weight excluding hydrogens is 246 g/mol. The van der Waals surface area contributed by atoms with E-state index in [0.29, 0.717) is 17.2 Å². The SMILES string of the molecule is CC(C)N(/N=N/C(Cl)=C\c1ccccc1)C(C)C. The molecule has 0 unspecified atom stereocenters. The van der Waals surface area contributed by atoms with Crippen LogP contribution in [-0.2, 0) is 0 Å². The fraction of sp³-hybridized carbons (Fsp3) is 0.429. The monoisotopic (exact) mass is 265 g/mol. The largest absolute Gasteiger partial charge is 0.273 e. The van der Waals surface area contributed by atoms with Gasteiger partial charge < -0.3 is 0 Å². The van der Waals surface area contributed by atoms with Gasteiger partial charge in [-0.05, 0) is 39.3 Å². The van der Waals surface area contributed by atoms with Gasteiger partial charge in [0.25, 0.3) is 0 Å². The van der Waals surface area contributed by atoms with E-state index < -0.39 is 0 Å². The minimum absolute atomic E-state index is 0.301. The Labute approximate surface area is 114 Å². The molecule has 18 heavy (non-hydrogen) atoms. The zero-order valence-corrected chi connectivity index (χ0v) is 12.1. The van der Waals surface area contributed by atoms with Crippen molar-refractivity contribution in [3.63, 3.8) is 0 Å². The molecule has 1 rings (SSSR count). The van der Waals surface area contributed by atoms with Crippen LogP contribution in [0.2, 0.25) is 0 Å². The van der Waals surface area contributed by atoms with Crippen LogP contribution in [0.1, 0.15) is 33.3 Å². The van der Waals surface area contributed by atoms with E-state index in [2.05, 4.69) is 38.0 Å². The summed E-state index contributed by atoms with van der Waals surface area (Å²) in [6.45, 7) is 8.31. The third kappa shape index (κ3) is 4.88. The van der Waals surface area contributed by atoms with Crippen LogP contribution in [0.25, 0.3) is 6.08 Å². The quantitative estimate of drug-likeness (QED) is 0.430. The molecule has 0 heterocycles. The second-order valence-electron chi connectivity index (χ2n) is 4.63. The molecule has 0 saturated heterocycles. The van der Waals surface area contributed by atoms with Crippen molar-refractivity contribution in [2.24, 2.45) is 10.3 Å². The Morgan fingerprint density at radius 3 is 2.17 bits per heavy atom. The molecule has 0 fully saturated rings. The molecule has 0 spiro atoms. The van der Waals surface area contributed by atoms with E-state index in [-0.39, 0.29) is 0 Å². The first-order valence-electron chi connectivity index (χ1n) is 6.13. The lowest BCUT2D eigenvalue weighted by atomic mass is 10.2. The van der Waals surface area contributed by atoms with Crippen LogP contribution in [0.4, 0.5) is 0 Å². The summed E-state index contributed by atoms with van der Waals surface area (Å²) in [4.78, 5) is 0. The van der Waals surface area contributed by atoms with Crippen molar-refractivity contribution in [1.29, 1.82) is 0 Å². The van der Waals surface area contributed by atoms with Gasteiger partial charge in [-0.2, -0.15) is 0 Å². The van der Waals surface area contributed by atoms with Crippen LogP contribution in [0.3, 0.4) is 0 Å². The summed E-state index contributed by atoms with van der Waals surface area (Å²) < 4.78 is 0. The molecule has 1 aromatic rings. The lowest BCUT2D eigenvalue weighted by molar-refractivity contribution is 0.169. The summed E-state index contributed by atoms with van der Waals surface area (Å²) >= 11 is 6.04. The van der Waals surface area contributed by atoms with E-state index in [1.54, 1.807) is 6.08 Å². The molecule has 0 aromatic heterocycles. The summed E-state index contributed by atoms with van der Waals surface area (Å²) in [5, 5.41) is 10.5.